The third-order valence-electron chi connectivity index (χ3n) is 3.88. The molecule has 3 rings (SSSR count). The molecule has 1 fully saturated rings. The molecule has 1 heterocycles. The molecule has 0 unspecified atom stereocenters. The predicted octanol–water partition coefficient (Wildman–Crippen LogP) is 2.80. The summed E-state index contributed by atoms with van der Waals surface area (Å²) in [4.78, 5) is 15.1. The van der Waals surface area contributed by atoms with Crippen LogP contribution < -0.4 is 9.64 Å². The van der Waals surface area contributed by atoms with Crippen molar-refractivity contribution >= 4 is 12.0 Å². The molecular formula is C18H20N2O2. The first-order chi connectivity index (χ1) is 10.9. The number of hydrogen-bond donors (Lipinski definition) is 0. The number of aldehydes is 1. The largest absolute Gasteiger partial charge is 0.455 e. The van der Waals surface area contributed by atoms with Gasteiger partial charge in [0.1, 0.15) is 12.0 Å². The van der Waals surface area contributed by atoms with Gasteiger partial charge in [-0.2, -0.15) is 0 Å². The van der Waals surface area contributed by atoms with Gasteiger partial charge in [-0.3, -0.25) is 4.90 Å². The summed E-state index contributed by atoms with van der Waals surface area (Å²) in [5, 5.41) is 0. The highest BCUT2D eigenvalue weighted by molar-refractivity contribution is 5.60. The van der Waals surface area contributed by atoms with E-state index in [2.05, 4.69) is 15.9 Å². The molecule has 0 spiro atoms. The molecule has 0 saturated carbocycles. The van der Waals surface area contributed by atoms with Gasteiger partial charge in [-0.05, 0) is 24.3 Å². The van der Waals surface area contributed by atoms with Gasteiger partial charge < -0.3 is 14.4 Å². The smallest absolute Gasteiger partial charge is 0.150 e. The molecule has 0 aromatic heterocycles. The van der Waals surface area contributed by atoms with Crippen LogP contribution in [0.25, 0.3) is 0 Å². The predicted molar refractivity (Wildman–Crippen MR) is 87.7 cm³/mol. The maximum atomic E-state index is 10.6. The second-order valence-electron chi connectivity index (χ2n) is 5.34. The lowest BCUT2D eigenvalue weighted by Gasteiger charge is -2.35. The van der Waals surface area contributed by atoms with E-state index in [1.165, 1.54) is 0 Å². The van der Waals surface area contributed by atoms with E-state index < -0.39 is 0 Å². The highest BCUT2D eigenvalue weighted by atomic mass is 16.5. The molecule has 0 bridgehead atoms. The van der Waals surface area contributed by atoms with E-state index in [4.69, 9.17) is 4.74 Å². The second-order valence-corrected chi connectivity index (χ2v) is 5.34. The molecule has 4 nitrogen and oxygen atoms in total. The van der Waals surface area contributed by atoms with E-state index >= 15 is 0 Å². The third kappa shape index (κ3) is 3.46. The number of carbonyl (C=O) groups is 1. The number of ether oxygens (including phenoxy) is 1. The Hall–Kier alpha value is -2.33. The molecule has 0 radical (unpaired) electrons. The van der Waals surface area contributed by atoms with Gasteiger partial charge in [0, 0.05) is 26.2 Å². The van der Waals surface area contributed by atoms with Gasteiger partial charge in [0.05, 0.1) is 12.2 Å². The number of carbonyl (C=O) groups excluding carboxylic acids is 1. The fourth-order valence-electron chi connectivity index (χ4n) is 2.70. The summed E-state index contributed by atoms with van der Waals surface area (Å²) in [5.41, 5.74) is 1.11. The lowest BCUT2D eigenvalue weighted by atomic mass is 10.2. The Morgan fingerprint density at radius 3 is 2.32 bits per heavy atom. The summed E-state index contributed by atoms with van der Waals surface area (Å²) in [7, 11) is 0. The number of hydrogen-bond acceptors (Lipinski definition) is 4. The normalized spacial score (nSPS) is 15.5. The molecule has 1 aliphatic rings. The number of anilines is 1. The van der Waals surface area contributed by atoms with E-state index in [0.29, 0.717) is 6.54 Å². The summed E-state index contributed by atoms with van der Waals surface area (Å²) in [6.45, 7) is 4.14. The Labute approximate surface area is 130 Å². The maximum Gasteiger partial charge on any atom is 0.150 e. The van der Waals surface area contributed by atoms with Gasteiger partial charge in [-0.1, -0.05) is 30.3 Å². The number of para-hydroxylation sites is 3. The molecular weight excluding hydrogens is 276 g/mol. The molecule has 0 atom stereocenters. The summed E-state index contributed by atoms with van der Waals surface area (Å²) in [6, 6.07) is 17.9. The molecule has 1 saturated heterocycles. The fourth-order valence-corrected chi connectivity index (χ4v) is 2.70. The highest BCUT2D eigenvalue weighted by Crippen LogP contribution is 2.32. The standard InChI is InChI=1S/C18H20N2O2/c21-15-14-19-10-12-20(13-11-19)17-8-4-5-9-18(17)22-16-6-2-1-3-7-16/h1-9,15H,10-14H2. The van der Waals surface area contributed by atoms with Crippen LogP contribution in [0.3, 0.4) is 0 Å². The van der Waals surface area contributed by atoms with Crippen molar-refractivity contribution in [1.29, 1.82) is 0 Å². The molecule has 22 heavy (non-hydrogen) atoms. The molecule has 2 aromatic rings. The van der Waals surface area contributed by atoms with E-state index in [1.54, 1.807) is 0 Å². The highest BCUT2D eigenvalue weighted by Gasteiger charge is 2.19. The van der Waals surface area contributed by atoms with Gasteiger partial charge in [0.15, 0.2) is 5.75 Å². The molecule has 4 heteroatoms. The van der Waals surface area contributed by atoms with E-state index in [-0.39, 0.29) is 0 Å². The van der Waals surface area contributed by atoms with Crippen LogP contribution in [0.2, 0.25) is 0 Å². The Morgan fingerprint density at radius 1 is 0.909 bits per heavy atom. The van der Waals surface area contributed by atoms with Crippen LogP contribution in [-0.4, -0.2) is 43.9 Å². The van der Waals surface area contributed by atoms with Crippen LogP contribution in [0, 0.1) is 0 Å². The van der Waals surface area contributed by atoms with Crippen LogP contribution in [0.15, 0.2) is 54.6 Å². The molecule has 0 aliphatic carbocycles. The van der Waals surface area contributed by atoms with Gasteiger partial charge in [-0.25, -0.2) is 0 Å². The number of nitrogens with zero attached hydrogens (tertiary/aromatic N) is 2. The Balaban J connectivity index is 1.73. The number of rotatable bonds is 5. The van der Waals surface area contributed by atoms with Crippen molar-refractivity contribution in [2.75, 3.05) is 37.6 Å². The van der Waals surface area contributed by atoms with Gasteiger partial charge in [0.2, 0.25) is 0 Å². The van der Waals surface area contributed by atoms with Gasteiger partial charge in [0.25, 0.3) is 0 Å². The van der Waals surface area contributed by atoms with Crippen molar-refractivity contribution in [2.45, 2.75) is 0 Å². The Morgan fingerprint density at radius 2 is 1.59 bits per heavy atom. The van der Waals surface area contributed by atoms with Crippen LogP contribution >= 0.6 is 0 Å². The van der Waals surface area contributed by atoms with Gasteiger partial charge in [-0.15, -0.1) is 0 Å². The molecule has 114 valence electrons. The minimum atomic E-state index is 0.524. The van der Waals surface area contributed by atoms with Crippen molar-refractivity contribution in [2.24, 2.45) is 0 Å². The zero-order valence-electron chi connectivity index (χ0n) is 12.5. The van der Waals surface area contributed by atoms with E-state index in [0.717, 1.165) is 49.7 Å². The molecule has 1 aliphatic heterocycles. The van der Waals surface area contributed by atoms with Crippen molar-refractivity contribution < 1.29 is 9.53 Å². The Bertz CT molecular complexity index is 607. The summed E-state index contributed by atoms with van der Waals surface area (Å²) in [6.07, 6.45) is 0.974. The third-order valence-corrected chi connectivity index (χ3v) is 3.88. The van der Waals surface area contributed by atoms with Crippen molar-refractivity contribution in [1.82, 2.24) is 4.90 Å². The van der Waals surface area contributed by atoms with Crippen molar-refractivity contribution in [3.63, 3.8) is 0 Å². The zero-order chi connectivity index (χ0) is 15.2. The number of benzene rings is 2. The van der Waals surface area contributed by atoms with E-state index in [9.17, 15) is 4.79 Å². The molecule has 2 aromatic carbocycles. The van der Waals surface area contributed by atoms with Gasteiger partial charge >= 0.3 is 0 Å². The second kappa shape index (κ2) is 7.09. The zero-order valence-corrected chi connectivity index (χ0v) is 12.5. The van der Waals surface area contributed by atoms with E-state index in [1.807, 2.05) is 48.5 Å². The van der Waals surface area contributed by atoms with Crippen LogP contribution in [0.5, 0.6) is 11.5 Å². The van der Waals surface area contributed by atoms with Crippen molar-refractivity contribution in [3.05, 3.63) is 54.6 Å². The quantitative estimate of drug-likeness (QED) is 0.794. The van der Waals surface area contributed by atoms with Crippen molar-refractivity contribution in [3.8, 4) is 11.5 Å². The lowest BCUT2D eigenvalue weighted by Crippen LogP contribution is -2.47. The average molecular weight is 296 g/mol. The molecule has 0 N–H and O–H groups in total. The minimum Gasteiger partial charge on any atom is -0.455 e. The fraction of sp³-hybridized carbons (Fsp3) is 0.278. The Kier molecular flexibility index (Phi) is 4.71. The number of piperazine rings is 1. The monoisotopic (exact) mass is 296 g/mol. The SMILES string of the molecule is O=CCN1CCN(c2ccccc2Oc2ccccc2)CC1. The molecule has 0 amide bonds. The van der Waals surface area contributed by atoms with Crippen LogP contribution in [0.4, 0.5) is 5.69 Å². The summed E-state index contributed by atoms with van der Waals surface area (Å²) < 4.78 is 6.03. The average Bonchev–Trinajstić information content (AvgIpc) is 2.58. The van der Waals surface area contributed by atoms with Crippen LogP contribution in [0.1, 0.15) is 0 Å². The first kappa shape index (κ1) is 14.6. The minimum absolute atomic E-state index is 0.524. The first-order valence-electron chi connectivity index (χ1n) is 7.59. The summed E-state index contributed by atoms with van der Waals surface area (Å²) >= 11 is 0. The lowest BCUT2D eigenvalue weighted by molar-refractivity contribution is -0.108. The van der Waals surface area contributed by atoms with Crippen LogP contribution in [-0.2, 0) is 4.79 Å². The maximum absolute atomic E-state index is 10.6. The topological polar surface area (TPSA) is 32.8 Å². The summed E-state index contributed by atoms with van der Waals surface area (Å²) in [5.74, 6) is 1.71. The first-order valence-corrected chi connectivity index (χ1v) is 7.59.